The second kappa shape index (κ2) is 5.62. The van der Waals surface area contributed by atoms with Crippen LogP contribution in [0.25, 0.3) is 11.3 Å². The lowest BCUT2D eigenvalue weighted by Gasteiger charge is -2.04. The van der Waals surface area contributed by atoms with Gasteiger partial charge in [-0.15, -0.1) is 0 Å². The minimum Gasteiger partial charge on any atom is -0.464 e. The Balaban J connectivity index is 1.68. The quantitative estimate of drug-likeness (QED) is 0.795. The number of pyridine rings is 1. The van der Waals surface area contributed by atoms with E-state index in [2.05, 4.69) is 15.5 Å². The Bertz CT molecular complexity index is 747. The Hall–Kier alpha value is -2.89. The summed E-state index contributed by atoms with van der Waals surface area (Å²) in [5.41, 5.74) is 2.00. The van der Waals surface area contributed by atoms with E-state index in [1.807, 2.05) is 18.2 Å². The van der Waals surface area contributed by atoms with Gasteiger partial charge in [0.2, 0.25) is 0 Å². The van der Waals surface area contributed by atoms with E-state index in [-0.39, 0.29) is 11.6 Å². The van der Waals surface area contributed by atoms with Gasteiger partial charge in [-0.1, -0.05) is 5.16 Å². The largest absolute Gasteiger partial charge is 0.464 e. The Morgan fingerprint density at radius 2 is 2.24 bits per heavy atom. The van der Waals surface area contributed by atoms with Gasteiger partial charge in [0.25, 0.3) is 5.91 Å². The normalized spacial score (nSPS) is 10.5. The fraction of sp³-hybridized carbons (Fsp3) is 0.133. The summed E-state index contributed by atoms with van der Waals surface area (Å²) >= 11 is 0. The summed E-state index contributed by atoms with van der Waals surface area (Å²) in [6.45, 7) is 2.09. The minimum absolute atomic E-state index is 0.266. The summed E-state index contributed by atoms with van der Waals surface area (Å²) in [7, 11) is 0. The number of carbonyl (C=O) groups is 1. The van der Waals surface area contributed by atoms with Crippen LogP contribution < -0.4 is 5.32 Å². The molecule has 1 amide bonds. The summed E-state index contributed by atoms with van der Waals surface area (Å²) in [4.78, 5) is 16.0. The molecule has 0 aliphatic heterocycles. The fourth-order valence-corrected chi connectivity index (χ4v) is 1.91. The number of aromatic nitrogens is 2. The van der Waals surface area contributed by atoms with Crippen molar-refractivity contribution >= 4 is 5.91 Å². The maximum Gasteiger partial charge on any atom is 0.273 e. The lowest BCUT2D eigenvalue weighted by molar-refractivity contribution is 0.0942. The van der Waals surface area contributed by atoms with E-state index in [1.165, 1.54) is 0 Å². The molecule has 6 nitrogen and oxygen atoms in total. The molecule has 0 aliphatic rings. The van der Waals surface area contributed by atoms with Gasteiger partial charge in [0.1, 0.15) is 11.5 Å². The lowest BCUT2D eigenvalue weighted by Crippen LogP contribution is -2.23. The van der Waals surface area contributed by atoms with Crippen molar-refractivity contribution in [3.63, 3.8) is 0 Å². The van der Waals surface area contributed by atoms with Gasteiger partial charge in [-0.2, -0.15) is 0 Å². The van der Waals surface area contributed by atoms with Crippen LogP contribution in [0.15, 0.2) is 51.9 Å². The molecule has 106 valence electrons. The predicted octanol–water partition coefficient (Wildman–Crippen LogP) is 2.57. The monoisotopic (exact) mass is 283 g/mol. The lowest BCUT2D eigenvalue weighted by atomic mass is 10.1. The first-order valence-electron chi connectivity index (χ1n) is 6.42. The van der Waals surface area contributed by atoms with Crippen molar-refractivity contribution in [1.82, 2.24) is 15.5 Å². The molecule has 0 spiro atoms. The molecule has 3 rings (SSSR count). The maximum absolute atomic E-state index is 11.9. The first-order valence-corrected chi connectivity index (χ1v) is 6.42. The highest BCUT2D eigenvalue weighted by atomic mass is 16.5. The molecule has 3 aromatic heterocycles. The smallest absolute Gasteiger partial charge is 0.273 e. The van der Waals surface area contributed by atoms with Gasteiger partial charge in [-0.3, -0.25) is 9.78 Å². The summed E-state index contributed by atoms with van der Waals surface area (Å²) in [5.74, 6) is 1.06. The zero-order valence-electron chi connectivity index (χ0n) is 11.4. The van der Waals surface area contributed by atoms with Gasteiger partial charge in [0, 0.05) is 30.6 Å². The summed E-state index contributed by atoms with van der Waals surface area (Å²) in [6.07, 6.45) is 5.02. The molecule has 0 aromatic carbocycles. The van der Waals surface area contributed by atoms with Crippen molar-refractivity contribution in [2.75, 3.05) is 0 Å². The summed E-state index contributed by atoms with van der Waals surface area (Å²) in [6, 6.07) is 7.18. The standard InChI is InChI=1S/C15H13N3O3/c1-10-5-13(18-21-10)15(19)17-8-11-6-12(9-16-7-11)14-3-2-4-20-14/h2-7,9H,8H2,1H3,(H,17,19). The van der Waals surface area contributed by atoms with E-state index in [0.29, 0.717) is 12.3 Å². The number of nitrogens with one attached hydrogen (secondary N) is 1. The molecule has 0 bridgehead atoms. The molecule has 6 heteroatoms. The molecule has 1 N–H and O–H groups in total. The number of hydrogen-bond acceptors (Lipinski definition) is 5. The van der Waals surface area contributed by atoms with E-state index in [0.717, 1.165) is 16.9 Å². The zero-order chi connectivity index (χ0) is 14.7. The van der Waals surface area contributed by atoms with Gasteiger partial charge in [0.15, 0.2) is 5.69 Å². The van der Waals surface area contributed by atoms with Crippen molar-refractivity contribution < 1.29 is 13.7 Å². The third-order valence-corrected chi connectivity index (χ3v) is 2.91. The van der Waals surface area contributed by atoms with Crippen LogP contribution in [0, 0.1) is 6.92 Å². The van der Waals surface area contributed by atoms with Crippen molar-refractivity contribution in [2.45, 2.75) is 13.5 Å². The van der Waals surface area contributed by atoms with Gasteiger partial charge < -0.3 is 14.3 Å². The number of aryl methyl sites for hydroxylation is 1. The molecular weight excluding hydrogens is 270 g/mol. The minimum atomic E-state index is -0.282. The fourth-order valence-electron chi connectivity index (χ4n) is 1.91. The van der Waals surface area contributed by atoms with Crippen LogP contribution in [0.1, 0.15) is 21.8 Å². The van der Waals surface area contributed by atoms with E-state index < -0.39 is 0 Å². The zero-order valence-corrected chi connectivity index (χ0v) is 11.4. The van der Waals surface area contributed by atoms with E-state index in [1.54, 1.807) is 31.6 Å². The van der Waals surface area contributed by atoms with Crippen LogP contribution in [0.5, 0.6) is 0 Å². The number of nitrogens with zero attached hydrogens (tertiary/aromatic N) is 2. The molecule has 0 unspecified atom stereocenters. The topological polar surface area (TPSA) is 81.2 Å². The summed E-state index contributed by atoms with van der Waals surface area (Å²) < 4.78 is 10.2. The van der Waals surface area contributed by atoms with E-state index in [4.69, 9.17) is 8.94 Å². The highest BCUT2D eigenvalue weighted by Gasteiger charge is 2.10. The summed E-state index contributed by atoms with van der Waals surface area (Å²) in [5, 5.41) is 6.44. The number of carbonyl (C=O) groups excluding carboxylic acids is 1. The second-order valence-corrected chi connectivity index (χ2v) is 4.56. The Morgan fingerprint density at radius 1 is 1.33 bits per heavy atom. The van der Waals surface area contributed by atoms with Crippen LogP contribution in [-0.2, 0) is 6.54 Å². The molecule has 0 fully saturated rings. The van der Waals surface area contributed by atoms with E-state index in [9.17, 15) is 4.79 Å². The van der Waals surface area contributed by atoms with Crippen molar-refractivity contribution in [1.29, 1.82) is 0 Å². The Morgan fingerprint density at radius 3 is 2.95 bits per heavy atom. The number of hydrogen-bond donors (Lipinski definition) is 1. The number of rotatable bonds is 4. The number of furan rings is 1. The van der Waals surface area contributed by atoms with Gasteiger partial charge in [-0.25, -0.2) is 0 Å². The molecule has 0 aliphatic carbocycles. The molecule has 3 aromatic rings. The van der Waals surface area contributed by atoms with Crippen LogP contribution >= 0.6 is 0 Å². The molecule has 0 atom stereocenters. The highest BCUT2D eigenvalue weighted by molar-refractivity contribution is 5.92. The van der Waals surface area contributed by atoms with Gasteiger partial charge in [-0.05, 0) is 30.7 Å². The van der Waals surface area contributed by atoms with Crippen LogP contribution in [0.3, 0.4) is 0 Å². The van der Waals surface area contributed by atoms with Crippen molar-refractivity contribution in [2.24, 2.45) is 0 Å². The average molecular weight is 283 g/mol. The maximum atomic E-state index is 11.9. The Labute approximate surface area is 120 Å². The predicted molar refractivity (Wildman–Crippen MR) is 74.3 cm³/mol. The molecular formula is C15H13N3O3. The van der Waals surface area contributed by atoms with Crippen LogP contribution in [0.4, 0.5) is 0 Å². The van der Waals surface area contributed by atoms with Crippen LogP contribution in [-0.4, -0.2) is 16.0 Å². The van der Waals surface area contributed by atoms with Gasteiger partial charge >= 0.3 is 0 Å². The first kappa shape index (κ1) is 13.1. The third kappa shape index (κ3) is 3.00. The van der Waals surface area contributed by atoms with E-state index >= 15 is 0 Å². The Kier molecular flexibility index (Phi) is 3.51. The highest BCUT2D eigenvalue weighted by Crippen LogP contribution is 2.19. The van der Waals surface area contributed by atoms with Gasteiger partial charge in [0.05, 0.1) is 6.26 Å². The average Bonchev–Trinajstić information content (AvgIpc) is 3.16. The first-order chi connectivity index (χ1) is 10.2. The SMILES string of the molecule is Cc1cc(C(=O)NCc2cncc(-c3ccco3)c2)no1. The molecule has 21 heavy (non-hydrogen) atoms. The number of amides is 1. The third-order valence-electron chi connectivity index (χ3n) is 2.91. The second-order valence-electron chi connectivity index (χ2n) is 4.56. The van der Waals surface area contributed by atoms with Crippen molar-refractivity contribution in [3.8, 4) is 11.3 Å². The molecule has 0 saturated heterocycles. The molecule has 0 radical (unpaired) electrons. The van der Waals surface area contributed by atoms with Crippen molar-refractivity contribution in [3.05, 3.63) is 59.9 Å². The molecule has 0 saturated carbocycles. The molecule has 3 heterocycles. The van der Waals surface area contributed by atoms with Crippen LogP contribution in [0.2, 0.25) is 0 Å².